The van der Waals surface area contributed by atoms with Crippen LogP contribution in [0.2, 0.25) is 0 Å². The van der Waals surface area contributed by atoms with Crippen LogP contribution in [0.3, 0.4) is 0 Å². The Balaban J connectivity index is 1.74. The number of phenolic OH excluding ortho intramolecular Hbond substituents is 1. The van der Waals surface area contributed by atoms with Crippen LogP contribution >= 0.6 is 11.3 Å². The Morgan fingerprint density at radius 2 is 2.25 bits per heavy atom. The Hall–Kier alpha value is -2.40. The number of aromatic amines is 1. The van der Waals surface area contributed by atoms with Crippen molar-refractivity contribution in [1.82, 2.24) is 9.97 Å². The number of hydrogen-bond donors (Lipinski definition) is 2. The van der Waals surface area contributed by atoms with Gasteiger partial charge in [-0.3, -0.25) is 4.79 Å². The fourth-order valence-corrected chi connectivity index (χ4v) is 4.64. The smallest absolute Gasteiger partial charge is 0.260 e. The highest BCUT2D eigenvalue weighted by Crippen LogP contribution is 2.35. The molecule has 4 rings (SSSR count). The molecule has 1 aromatic carbocycles. The van der Waals surface area contributed by atoms with Gasteiger partial charge in [0.2, 0.25) is 0 Å². The van der Waals surface area contributed by atoms with E-state index in [0.29, 0.717) is 11.7 Å². The van der Waals surface area contributed by atoms with Gasteiger partial charge < -0.3 is 10.1 Å². The zero-order valence-corrected chi connectivity index (χ0v) is 14.2. The molecule has 0 radical (unpaired) electrons. The average Bonchev–Trinajstić information content (AvgIpc) is 2.90. The first-order valence-corrected chi connectivity index (χ1v) is 8.93. The number of aromatic hydroxyl groups is 1. The predicted octanol–water partition coefficient (Wildman–Crippen LogP) is 3.99. The van der Waals surface area contributed by atoms with Crippen molar-refractivity contribution in [2.24, 2.45) is 5.92 Å². The molecule has 2 N–H and O–H groups in total. The fourth-order valence-electron chi connectivity index (χ4n) is 3.25. The normalized spacial score (nSPS) is 17.5. The summed E-state index contributed by atoms with van der Waals surface area (Å²) in [7, 11) is 0. The lowest BCUT2D eigenvalue weighted by Gasteiger charge is -2.17. The molecule has 0 spiro atoms. The zero-order valence-electron chi connectivity index (χ0n) is 13.4. The largest absolute Gasteiger partial charge is 0.508 e. The molecule has 122 valence electrons. The van der Waals surface area contributed by atoms with E-state index in [2.05, 4.69) is 16.9 Å². The summed E-state index contributed by atoms with van der Waals surface area (Å²) in [5.41, 5.74) is 2.00. The molecule has 1 atom stereocenters. The van der Waals surface area contributed by atoms with Crippen LogP contribution in [-0.2, 0) is 12.8 Å². The van der Waals surface area contributed by atoms with Crippen LogP contribution in [0.1, 0.15) is 35.2 Å². The van der Waals surface area contributed by atoms with Gasteiger partial charge in [0.05, 0.1) is 5.39 Å². The molecule has 4 nitrogen and oxygen atoms in total. The number of nitrogens with zero attached hydrogens (tertiary/aromatic N) is 1. The van der Waals surface area contributed by atoms with E-state index in [4.69, 9.17) is 0 Å². The van der Waals surface area contributed by atoms with Crippen LogP contribution in [0.15, 0.2) is 29.1 Å². The highest BCUT2D eigenvalue weighted by molar-refractivity contribution is 7.18. The van der Waals surface area contributed by atoms with Gasteiger partial charge in [-0.1, -0.05) is 25.1 Å². The number of H-pyrrole nitrogens is 1. The molecular weight excluding hydrogens is 320 g/mol. The van der Waals surface area contributed by atoms with Crippen molar-refractivity contribution in [3.63, 3.8) is 0 Å². The van der Waals surface area contributed by atoms with E-state index in [1.165, 1.54) is 10.4 Å². The number of fused-ring (bicyclic) bond motifs is 3. The van der Waals surface area contributed by atoms with Crippen LogP contribution in [0.25, 0.3) is 22.4 Å². The summed E-state index contributed by atoms with van der Waals surface area (Å²) in [5, 5.41) is 10.3. The van der Waals surface area contributed by atoms with Crippen molar-refractivity contribution in [1.29, 1.82) is 0 Å². The molecule has 0 aliphatic heterocycles. The summed E-state index contributed by atoms with van der Waals surface area (Å²) in [6.45, 7) is 2.26. The van der Waals surface area contributed by atoms with Crippen molar-refractivity contribution in [3.8, 4) is 5.75 Å². The van der Waals surface area contributed by atoms with Crippen LogP contribution in [0, 0.1) is 5.92 Å². The van der Waals surface area contributed by atoms with Gasteiger partial charge in [-0.2, -0.15) is 0 Å². The minimum absolute atomic E-state index is 0.0531. The summed E-state index contributed by atoms with van der Waals surface area (Å²) in [5.74, 6) is 1.44. The Bertz CT molecular complexity index is 1000. The quantitative estimate of drug-likeness (QED) is 0.742. The van der Waals surface area contributed by atoms with Gasteiger partial charge in [-0.15, -0.1) is 11.3 Å². The first-order chi connectivity index (χ1) is 11.6. The van der Waals surface area contributed by atoms with E-state index in [1.54, 1.807) is 35.6 Å². The fraction of sp³-hybridized carbons (Fsp3) is 0.263. The van der Waals surface area contributed by atoms with Gasteiger partial charge >= 0.3 is 0 Å². The molecule has 0 saturated heterocycles. The second-order valence-electron chi connectivity index (χ2n) is 6.41. The third-order valence-corrected chi connectivity index (χ3v) is 5.64. The topological polar surface area (TPSA) is 66.0 Å². The van der Waals surface area contributed by atoms with Gasteiger partial charge in [0.15, 0.2) is 0 Å². The molecule has 0 bridgehead atoms. The molecule has 0 amide bonds. The van der Waals surface area contributed by atoms with Gasteiger partial charge in [0, 0.05) is 4.88 Å². The summed E-state index contributed by atoms with van der Waals surface area (Å²) in [4.78, 5) is 22.2. The maximum absolute atomic E-state index is 12.5. The lowest BCUT2D eigenvalue weighted by molar-refractivity contribution is 0.475. The summed E-state index contributed by atoms with van der Waals surface area (Å²) < 4.78 is 0. The van der Waals surface area contributed by atoms with Crippen LogP contribution < -0.4 is 5.56 Å². The molecule has 2 heterocycles. The Morgan fingerprint density at radius 3 is 3.08 bits per heavy atom. The van der Waals surface area contributed by atoms with Gasteiger partial charge in [0.25, 0.3) is 5.56 Å². The molecule has 24 heavy (non-hydrogen) atoms. The maximum atomic E-state index is 12.5. The number of phenols is 1. The Labute approximate surface area is 143 Å². The molecule has 0 unspecified atom stereocenters. The minimum atomic E-state index is -0.0531. The van der Waals surface area contributed by atoms with Crippen LogP contribution in [0.5, 0.6) is 5.75 Å². The molecule has 0 saturated carbocycles. The first-order valence-electron chi connectivity index (χ1n) is 8.12. The van der Waals surface area contributed by atoms with Crippen molar-refractivity contribution < 1.29 is 5.11 Å². The van der Waals surface area contributed by atoms with Crippen LogP contribution in [-0.4, -0.2) is 15.1 Å². The summed E-state index contributed by atoms with van der Waals surface area (Å²) in [6.07, 6.45) is 6.76. The third kappa shape index (κ3) is 2.76. The highest BCUT2D eigenvalue weighted by atomic mass is 32.1. The van der Waals surface area contributed by atoms with Crippen molar-refractivity contribution >= 4 is 33.7 Å². The first kappa shape index (κ1) is 15.1. The third-order valence-electron chi connectivity index (χ3n) is 4.49. The molecule has 1 aliphatic carbocycles. The van der Waals surface area contributed by atoms with E-state index in [0.717, 1.165) is 35.0 Å². The molecule has 2 aromatic heterocycles. The second-order valence-corrected chi connectivity index (χ2v) is 7.50. The number of hydrogen-bond acceptors (Lipinski definition) is 4. The monoisotopic (exact) mass is 338 g/mol. The number of aromatic nitrogens is 2. The minimum Gasteiger partial charge on any atom is -0.508 e. The predicted molar refractivity (Wildman–Crippen MR) is 98.5 cm³/mol. The van der Waals surface area contributed by atoms with Crippen LogP contribution in [0.4, 0.5) is 0 Å². The number of benzene rings is 1. The van der Waals surface area contributed by atoms with Crippen molar-refractivity contribution in [2.75, 3.05) is 0 Å². The van der Waals surface area contributed by atoms with E-state index >= 15 is 0 Å². The van der Waals surface area contributed by atoms with Crippen molar-refractivity contribution in [2.45, 2.75) is 26.2 Å². The number of aryl methyl sites for hydroxylation is 1. The van der Waals surface area contributed by atoms with Gasteiger partial charge in [0.1, 0.15) is 16.4 Å². The standard InChI is InChI=1S/C19H18N2O2S/c1-11-5-7-14-15(9-11)24-19-17(14)18(23)20-16(21-19)8-6-12-3-2-4-13(22)10-12/h2-4,6,8,10-11,22H,5,7,9H2,1H3,(H,20,21,23)/b8-6+/t11-/m1/s1. The number of nitrogens with one attached hydrogen (secondary N) is 1. The lowest BCUT2D eigenvalue weighted by Crippen LogP contribution is -2.13. The number of rotatable bonds is 2. The van der Waals surface area contributed by atoms with Gasteiger partial charge in [-0.05, 0) is 54.5 Å². The van der Waals surface area contributed by atoms with Gasteiger partial charge in [-0.25, -0.2) is 4.98 Å². The zero-order chi connectivity index (χ0) is 16.7. The summed E-state index contributed by atoms with van der Waals surface area (Å²) >= 11 is 1.65. The van der Waals surface area contributed by atoms with E-state index in [-0.39, 0.29) is 11.3 Å². The molecular formula is C19H18N2O2S. The molecule has 1 aliphatic rings. The average molecular weight is 338 g/mol. The Morgan fingerprint density at radius 1 is 1.38 bits per heavy atom. The molecule has 5 heteroatoms. The van der Waals surface area contributed by atoms with E-state index in [9.17, 15) is 9.90 Å². The Kier molecular flexibility index (Phi) is 3.73. The van der Waals surface area contributed by atoms with E-state index < -0.39 is 0 Å². The molecule has 3 aromatic rings. The SMILES string of the molecule is C[C@@H]1CCc2c(sc3nc(/C=C/c4cccc(O)c4)[nH]c(=O)c23)C1. The van der Waals surface area contributed by atoms with E-state index in [1.807, 2.05) is 12.1 Å². The van der Waals surface area contributed by atoms with Crippen molar-refractivity contribution in [3.05, 3.63) is 56.4 Å². The molecule has 0 fully saturated rings. The maximum Gasteiger partial charge on any atom is 0.260 e. The second kappa shape index (κ2) is 5.91. The highest BCUT2D eigenvalue weighted by Gasteiger charge is 2.22. The number of thiophene rings is 1. The lowest BCUT2D eigenvalue weighted by atomic mass is 9.89. The summed E-state index contributed by atoms with van der Waals surface area (Å²) in [6, 6.07) is 6.96.